The Hall–Kier alpha value is -1.36. The average Bonchev–Trinajstić information content (AvgIpc) is 2.16. The molecule has 1 atom stereocenters. The molecule has 0 saturated carbocycles. The quantitative estimate of drug-likeness (QED) is 0.768. The molecule has 0 saturated heterocycles. The third kappa shape index (κ3) is 3.66. The minimum Gasteiger partial charge on any atom is -0.398 e. The van der Waals surface area contributed by atoms with Gasteiger partial charge in [-0.1, -0.05) is 12.1 Å². The molecule has 88 valence electrons. The maximum absolute atomic E-state index is 11.8. The number of para-hydroxylation sites is 1. The van der Waals surface area contributed by atoms with Crippen LogP contribution in [0.5, 0.6) is 0 Å². The van der Waals surface area contributed by atoms with Gasteiger partial charge in [0.15, 0.2) is 0 Å². The Morgan fingerprint density at radius 2 is 2.06 bits per heavy atom. The number of nitrogen functional groups attached to an aromatic ring is 1. The van der Waals surface area contributed by atoms with E-state index in [-0.39, 0.29) is 17.7 Å². The fraction of sp³-hybridized carbons (Fsp3) is 0.364. The lowest BCUT2D eigenvalue weighted by Gasteiger charge is -2.08. The highest BCUT2D eigenvalue weighted by atomic mass is 32.2. The van der Waals surface area contributed by atoms with Gasteiger partial charge >= 0.3 is 0 Å². The van der Waals surface area contributed by atoms with E-state index in [2.05, 4.69) is 5.32 Å². The van der Waals surface area contributed by atoms with E-state index in [1.165, 1.54) is 0 Å². The summed E-state index contributed by atoms with van der Waals surface area (Å²) in [5.74, 6) is -0.275. The topological polar surface area (TPSA) is 72.2 Å². The molecule has 0 aliphatic carbocycles. The number of amides is 1. The molecule has 0 radical (unpaired) electrons. The van der Waals surface area contributed by atoms with Crippen molar-refractivity contribution < 1.29 is 9.00 Å². The molecular weight excluding hydrogens is 224 g/mol. The van der Waals surface area contributed by atoms with Crippen molar-refractivity contribution in [2.75, 3.05) is 11.5 Å². The molecule has 1 aromatic rings. The van der Waals surface area contributed by atoms with E-state index in [0.717, 1.165) is 0 Å². The number of carbonyl (C=O) groups is 1. The van der Waals surface area contributed by atoms with Gasteiger partial charge in [0.05, 0.1) is 15.7 Å². The van der Waals surface area contributed by atoms with Gasteiger partial charge in [-0.15, -0.1) is 0 Å². The predicted molar refractivity (Wildman–Crippen MR) is 65.4 cm³/mol. The smallest absolute Gasteiger partial charge is 0.233 e. The summed E-state index contributed by atoms with van der Waals surface area (Å²) in [4.78, 5) is 11.9. The second kappa shape index (κ2) is 5.65. The molecule has 1 rings (SSSR count). The lowest BCUT2D eigenvalue weighted by atomic mass is 10.3. The van der Waals surface area contributed by atoms with E-state index in [1.54, 1.807) is 24.3 Å². The van der Waals surface area contributed by atoms with E-state index >= 15 is 0 Å². The molecule has 0 fully saturated rings. The van der Waals surface area contributed by atoms with Crippen LogP contribution in [0.4, 0.5) is 5.69 Å². The number of hydrogen-bond acceptors (Lipinski definition) is 3. The van der Waals surface area contributed by atoms with E-state index < -0.39 is 10.8 Å². The zero-order chi connectivity index (χ0) is 12.1. The monoisotopic (exact) mass is 240 g/mol. The first-order valence-electron chi connectivity index (χ1n) is 5.03. The summed E-state index contributed by atoms with van der Waals surface area (Å²) in [6.45, 7) is 3.72. The summed E-state index contributed by atoms with van der Waals surface area (Å²) >= 11 is 0. The summed E-state index contributed by atoms with van der Waals surface area (Å²) in [6, 6.07) is 6.92. The molecule has 0 aromatic heterocycles. The van der Waals surface area contributed by atoms with Crippen molar-refractivity contribution in [3.8, 4) is 0 Å². The number of carbonyl (C=O) groups excluding carboxylic acids is 1. The molecule has 0 aliphatic heterocycles. The molecule has 0 aliphatic rings. The van der Waals surface area contributed by atoms with Gasteiger partial charge < -0.3 is 11.1 Å². The molecule has 3 N–H and O–H groups in total. The van der Waals surface area contributed by atoms with Crippen LogP contribution in [0.2, 0.25) is 0 Å². The Bertz CT molecular complexity index is 405. The molecule has 16 heavy (non-hydrogen) atoms. The third-order valence-corrected chi connectivity index (χ3v) is 3.26. The van der Waals surface area contributed by atoms with Crippen LogP contribution >= 0.6 is 0 Å². The van der Waals surface area contributed by atoms with Crippen LogP contribution in [-0.2, 0) is 15.6 Å². The number of benzene rings is 1. The van der Waals surface area contributed by atoms with Crippen LogP contribution in [0.1, 0.15) is 13.8 Å². The van der Waals surface area contributed by atoms with Gasteiger partial charge in [-0.25, -0.2) is 0 Å². The minimum atomic E-state index is -1.38. The second-order valence-corrected chi connectivity index (χ2v) is 5.17. The van der Waals surface area contributed by atoms with E-state index in [1.807, 2.05) is 13.8 Å². The number of anilines is 1. The van der Waals surface area contributed by atoms with Crippen molar-refractivity contribution >= 4 is 22.4 Å². The van der Waals surface area contributed by atoms with Crippen LogP contribution in [0.3, 0.4) is 0 Å². The maximum Gasteiger partial charge on any atom is 0.233 e. The van der Waals surface area contributed by atoms with Gasteiger partial charge in [0, 0.05) is 11.7 Å². The van der Waals surface area contributed by atoms with Crippen LogP contribution in [0.15, 0.2) is 29.2 Å². The highest BCUT2D eigenvalue weighted by molar-refractivity contribution is 7.86. The first-order valence-corrected chi connectivity index (χ1v) is 6.35. The minimum absolute atomic E-state index is 0.0492. The lowest BCUT2D eigenvalue weighted by molar-refractivity contribution is -0.119. The van der Waals surface area contributed by atoms with Crippen LogP contribution < -0.4 is 11.1 Å². The van der Waals surface area contributed by atoms with Crippen molar-refractivity contribution in [2.24, 2.45) is 0 Å². The van der Waals surface area contributed by atoms with Crippen molar-refractivity contribution in [3.05, 3.63) is 24.3 Å². The zero-order valence-electron chi connectivity index (χ0n) is 9.40. The molecule has 0 spiro atoms. The molecule has 1 aromatic carbocycles. The highest BCUT2D eigenvalue weighted by Crippen LogP contribution is 2.15. The standard InChI is InChI=1S/C11H16N2O2S/c1-8(2)13-11(14)7-16(15)10-6-4-3-5-9(10)12/h3-6,8H,7,12H2,1-2H3,(H,13,14). The number of rotatable bonds is 4. The van der Waals surface area contributed by atoms with E-state index in [9.17, 15) is 9.00 Å². The Morgan fingerprint density at radius 3 is 2.62 bits per heavy atom. The molecule has 4 nitrogen and oxygen atoms in total. The number of hydrogen-bond donors (Lipinski definition) is 2. The highest BCUT2D eigenvalue weighted by Gasteiger charge is 2.12. The maximum atomic E-state index is 11.8. The fourth-order valence-electron chi connectivity index (χ4n) is 1.25. The van der Waals surface area contributed by atoms with Crippen LogP contribution in [-0.4, -0.2) is 21.9 Å². The molecular formula is C11H16N2O2S. The summed E-state index contributed by atoms with van der Waals surface area (Å²) in [5.41, 5.74) is 6.13. The van der Waals surface area contributed by atoms with Gasteiger partial charge in [0.25, 0.3) is 0 Å². The van der Waals surface area contributed by atoms with Crippen LogP contribution in [0.25, 0.3) is 0 Å². The Morgan fingerprint density at radius 1 is 1.44 bits per heavy atom. The van der Waals surface area contributed by atoms with Crippen LogP contribution in [0, 0.1) is 0 Å². The molecule has 5 heteroatoms. The van der Waals surface area contributed by atoms with Gasteiger partial charge in [-0.05, 0) is 26.0 Å². The number of nitrogens with one attached hydrogen (secondary N) is 1. The summed E-state index contributed by atoms with van der Waals surface area (Å²) < 4.78 is 11.8. The summed E-state index contributed by atoms with van der Waals surface area (Å²) in [5, 5.41) is 2.69. The Kier molecular flexibility index (Phi) is 4.49. The molecule has 0 bridgehead atoms. The van der Waals surface area contributed by atoms with E-state index in [0.29, 0.717) is 10.6 Å². The van der Waals surface area contributed by atoms with Crippen molar-refractivity contribution in [3.63, 3.8) is 0 Å². The predicted octanol–water partition coefficient (Wildman–Crippen LogP) is 0.901. The molecule has 0 heterocycles. The average molecular weight is 240 g/mol. The third-order valence-electron chi connectivity index (χ3n) is 1.88. The van der Waals surface area contributed by atoms with Gasteiger partial charge in [0.2, 0.25) is 5.91 Å². The Balaban J connectivity index is 2.66. The lowest BCUT2D eigenvalue weighted by Crippen LogP contribution is -2.33. The normalized spacial score (nSPS) is 12.4. The summed E-state index contributed by atoms with van der Waals surface area (Å²) in [7, 11) is -1.38. The van der Waals surface area contributed by atoms with Crippen molar-refractivity contribution in [1.82, 2.24) is 5.32 Å². The SMILES string of the molecule is CC(C)NC(=O)CS(=O)c1ccccc1N. The van der Waals surface area contributed by atoms with Gasteiger partial charge in [0.1, 0.15) is 5.75 Å². The van der Waals surface area contributed by atoms with E-state index in [4.69, 9.17) is 5.73 Å². The zero-order valence-corrected chi connectivity index (χ0v) is 10.2. The molecule has 1 unspecified atom stereocenters. The second-order valence-electron chi connectivity index (χ2n) is 3.75. The first kappa shape index (κ1) is 12.7. The first-order chi connectivity index (χ1) is 7.50. The van der Waals surface area contributed by atoms with Crippen molar-refractivity contribution in [1.29, 1.82) is 0 Å². The Labute approximate surface area is 97.7 Å². The largest absolute Gasteiger partial charge is 0.398 e. The van der Waals surface area contributed by atoms with Gasteiger partial charge in [-0.3, -0.25) is 9.00 Å². The van der Waals surface area contributed by atoms with Crippen molar-refractivity contribution in [2.45, 2.75) is 24.8 Å². The van der Waals surface area contributed by atoms with Gasteiger partial charge in [-0.2, -0.15) is 0 Å². The number of nitrogens with two attached hydrogens (primary N) is 1. The summed E-state index contributed by atoms with van der Waals surface area (Å²) in [6.07, 6.45) is 0. The molecule has 1 amide bonds. The fourth-order valence-corrected chi connectivity index (χ4v) is 2.29.